The zero-order chi connectivity index (χ0) is 17.6. The van der Waals surface area contributed by atoms with E-state index in [0.29, 0.717) is 11.5 Å². The molecule has 0 atom stereocenters. The lowest BCUT2D eigenvalue weighted by Gasteiger charge is -2.24. The summed E-state index contributed by atoms with van der Waals surface area (Å²) in [4.78, 5) is 12.2. The third-order valence-corrected chi connectivity index (χ3v) is 4.93. The molecule has 0 radical (unpaired) electrons. The molecule has 0 fully saturated rings. The van der Waals surface area contributed by atoms with Crippen LogP contribution in [0.2, 0.25) is 0 Å². The largest absolute Gasteiger partial charge is 0.393 e. The van der Waals surface area contributed by atoms with Gasteiger partial charge in [-0.15, -0.1) is 11.3 Å². The lowest BCUT2D eigenvalue weighted by Crippen LogP contribution is -2.20. The minimum atomic E-state index is 0.581. The van der Waals surface area contributed by atoms with Crippen LogP contribution in [0, 0.1) is 6.92 Å². The highest BCUT2D eigenvalue weighted by Crippen LogP contribution is 2.31. The topological polar surface area (TPSA) is 67.1 Å². The summed E-state index contributed by atoms with van der Waals surface area (Å²) in [6.45, 7) is 5.74. The number of hydrogen-bond acceptors (Lipinski definition) is 6. The highest BCUT2D eigenvalue weighted by Gasteiger charge is 2.15. The van der Waals surface area contributed by atoms with Crippen molar-refractivity contribution in [1.29, 1.82) is 0 Å². The Morgan fingerprint density at radius 3 is 2.80 bits per heavy atom. The van der Waals surface area contributed by atoms with E-state index in [1.54, 1.807) is 17.7 Å². The Bertz CT molecular complexity index is 816. The number of nitrogen functional groups attached to an aromatic ring is 1. The van der Waals surface area contributed by atoms with Crippen LogP contribution in [-0.2, 0) is 6.42 Å². The van der Waals surface area contributed by atoms with Crippen molar-refractivity contribution in [3.05, 3.63) is 58.5 Å². The first kappa shape index (κ1) is 17.2. The molecule has 0 aliphatic heterocycles. The summed E-state index contributed by atoms with van der Waals surface area (Å²) in [6.07, 6.45) is 2.52. The van der Waals surface area contributed by atoms with Gasteiger partial charge < -0.3 is 16.0 Å². The van der Waals surface area contributed by atoms with Crippen LogP contribution in [-0.4, -0.2) is 23.1 Å². The van der Waals surface area contributed by atoms with E-state index in [0.717, 1.165) is 31.0 Å². The monoisotopic (exact) mass is 353 g/mol. The van der Waals surface area contributed by atoms with Crippen LogP contribution in [0.1, 0.15) is 17.4 Å². The van der Waals surface area contributed by atoms with Gasteiger partial charge in [-0.05, 0) is 49.4 Å². The van der Waals surface area contributed by atoms with Crippen molar-refractivity contribution in [2.45, 2.75) is 20.3 Å². The van der Waals surface area contributed by atoms with Gasteiger partial charge in [0.15, 0.2) is 11.6 Å². The molecule has 0 aliphatic carbocycles. The summed E-state index contributed by atoms with van der Waals surface area (Å²) in [5.41, 5.74) is 9.24. The van der Waals surface area contributed by atoms with E-state index in [-0.39, 0.29) is 0 Å². The molecule has 0 saturated heterocycles. The van der Waals surface area contributed by atoms with Crippen molar-refractivity contribution >= 4 is 34.3 Å². The number of aromatic nitrogens is 2. The Balaban J connectivity index is 1.79. The van der Waals surface area contributed by atoms with Crippen LogP contribution in [0.3, 0.4) is 0 Å². The number of nitrogens with one attached hydrogen (secondary N) is 1. The van der Waals surface area contributed by atoms with Crippen LogP contribution in [0.15, 0.2) is 48.1 Å². The lowest BCUT2D eigenvalue weighted by atomic mass is 10.2. The fourth-order valence-corrected chi connectivity index (χ4v) is 3.46. The molecule has 3 N–H and O–H groups in total. The molecule has 0 spiro atoms. The van der Waals surface area contributed by atoms with E-state index >= 15 is 0 Å². The first-order chi connectivity index (χ1) is 12.2. The van der Waals surface area contributed by atoms with Crippen LogP contribution in [0.4, 0.5) is 23.0 Å². The van der Waals surface area contributed by atoms with Crippen LogP contribution < -0.4 is 16.0 Å². The Hall–Kier alpha value is -2.60. The average Bonchev–Trinajstić information content (AvgIpc) is 3.12. The summed E-state index contributed by atoms with van der Waals surface area (Å²) in [6, 6.07) is 12.5. The number of aryl methyl sites for hydroxylation is 1. The zero-order valence-corrected chi connectivity index (χ0v) is 15.4. The standard InChI is InChI=1S/C19H23N5S/c1-3-24(15-7-4-6-14(2)12-15)19-17(20)18(22-13-23-19)21-10-9-16-8-5-11-25-16/h4-8,11-13H,3,9-10,20H2,1-2H3,(H,21,22,23). The van der Waals surface area contributed by atoms with Gasteiger partial charge >= 0.3 is 0 Å². The maximum Gasteiger partial charge on any atom is 0.161 e. The first-order valence-electron chi connectivity index (χ1n) is 8.40. The highest BCUT2D eigenvalue weighted by atomic mass is 32.1. The van der Waals surface area contributed by atoms with Gasteiger partial charge in [-0.2, -0.15) is 0 Å². The molecule has 3 rings (SSSR count). The van der Waals surface area contributed by atoms with Gasteiger partial charge in [0.25, 0.3) is 0 Å². The van der Waals surface area contributed by atoms with E-state index in [9.17, 15) is 0 Å². The molecule has 5 nitrogen and oxygen atoms in total. The second-order valence-corrected chi connectivity index (χ2v) is 6.83. The van der Waals surface area contributed by atoms with Crippen LogP contribution >= 0.6 is 11.3 Å². The number of thiophene rings is 1. The Kier molecular flexibility index (Phi) is 5.50. The number of nitrogens with zero attached hydrogens (tertiary/aromatic N) is 3. The van der Waals surface area contributed by atoms with Crippen molar-refractivity contribution in [3.63, 3.8) is 0 Å². The van der Waals surface area contributed by atoms with Crippen molar-refractivity contribution in [1.82, 2.24) is 9.97 Å². The second-order valence-electron chi connectivity index (χ2n) is 5.80. The number of rotatable bonds is 7. The van der Waals surface area contributed by atoms with Crippen molar-refractivity contribution in [2.24, 2.45) is 0 Å². The highest BCUT2D eigenvalue weighted by molar-refractivity contribution is 7.09. The molecule has 0 amide bonds. The maximum absolute atomic E-state index is 6.37. The summed E-state index contributed by atoms with van der Waals surface area (Å²) in [5, 5.41) is 5.43. The molecule has 0 aliphatic rings. The molecule has 0 bridgehead atoms. The van der Waals surface area contributed by atoms with Crippen LogP contribution in [0.25, 0.3) is 0 Å². The minimum absolute atomic E-state index is 0.581. The number of nitrogens with two attached hydrogens (primary N) is 1. The van der Waals surface area contributed by atoms with Crippen molar-refractivity contribution < 1.29 is 0 Å². The molecule has 1 aromatic carbocycles. The predicted octanol–water partition coefficient (Wildman–Crippen LogP) is 4.24. The van der Waals surface area contributed by atoms with E-state index in [4.69, 9.17) is 5.73 Å². The Morgan fingerprint density at radius 2 is 2.08 bits per heavy atom. The van der Waals surface area contributed by atoms with E-state index < -0.39 is 0 Å². The Labute approximate surface area is 152 Å². The molecule has 130 valence electrons. The molecule has 6 heteroatoms. The summed E-state index contributed by atoms with van der Waals surface area (Å²) >= 11 is 1.76. The second kappa shape index (κ2) is 7.98. The lowest BCUT2D eigenvalue weighted by molar-refractivity contribution is 0.969. The average molecular weight is 353 g/mol. The Morgan fingerprint density at radius 1 is 1.20 bits per heavy atom. The smallest absolute Gasteiger partial charge is 0.161 e. The fourth-order valence-electron chi connectivity index (χ4n) is 2.75. The molecule has 25 heavy (non-hydrogen) atoms. The van der Waals surface area contributed by atoms with Gasteiger partial charge in [0.1, 0.15) is 12.0 Å². The third kappa shape index (κ3) is 4.09. The normalized spacial score (nSPS) is 10.6. The fraction of sp³-hybridized carbons (Fsp3) is 0.263. The van der Waals surface area contributed by atoms with Gasteiger partial charge in [0.05, 0.1) is 0 Å². The number of benzene rings is 1. The maximum atomic E-state index is 6.37. The quantitative estimate of drug-likeness (QED) is 0.665. The molecule has 0 unspecified atom stereocenters. The minimum Gasteiger partial charge on any atom is -0.393 e. The summed E-state index contributed by atoms with van der Waals surface area (Å²) in [7, 11) is 0. The van der Waals surface area contributed by atoms with Gasteiger partial charge in [-0.1, -0.05) is 18.2 Å². The van der Waals surface area contributed by atoms with E-state index in [1.807, 2.05) is 6.07 Å². The molecule has 3 aromatic rings. The predicted molar refractivity (Wildman–Crippen MR) is 107 cm³/mol. The van der Waals surface area contributed by atoms with Crippen molar-refractivity contribution in [3.8, 4) is 0 Å². The number of anilines is 4. The molecule has 2 heterocycles. The third-order valence-electron chi connectivity index (χ3n) is 3.99. The first-order valence-corrected chi connectivity index (χ1v) is 9.28. The SMILES string of the molecule is CCN(c1cccc(C)c1)c1ncnc(NCCc2cccs2)c1N. The van der Waals surface area contributed by atoms with Gasteiger partial charge in [-0.25, -0.2) is 9.97 Å². The molecular weight excluding hydrogens is 330 g/mol. The summed E-state index contributed by atoms with van der Waals surface area (Å²) in [5.74, 6) is 1.43. The zero-order valence-electron chi connectivity index (χ0n) is 14.6. The van der Waals surface area contributed by atoms with Gasteiger partial charge in [0.2, 0.25) is 0 Å². The molecule has 2 aromatic heterocycles. The van der Waals surface area contributed by atoms with Gasteiger partial charge in [0, 0.05) is 23.7 Å². The van der Waals surface area contributed by atoms with Crippen LogP contribution in [0.5, 0.6) is 0 Å². The molecule has 0 saturated carbocycles. The van der Waals surface area contributed by atoms with E-state index in [1.165, 1.54) is 10.4 Å². The van der Waals surface area contributed by atoms with E-state index in [2.05, 4.69) is 69.7 Å². The van der Waals surface area contributed by atoms with Gasteiger partial charge in [-0.3, -0.25) is 0 Å². The van der Waals surface area contributed by atoms with Crippen molar-refractivity contribution in [2.75, 3.05) is 29.0 Å². The molecular formula is C19H23N5S. The summed E-state index contributed by atoms with van der Waals surface area (Å²) < 4.78 is 0. The number of hydrogen-bond donors (Lipinski definition) is 2.